The van der Waals surface area contributed by atoms with E-state index in [4.69, 9.17) is 5.26 Å². The lowest BCUT2D eigenvalue weighted by atomic mass is 10.1. The van der Waals surface area contributed by atoms with Crippen LogP contribution in [0.5, 0.6) is 0 Å². The van der Waals surface area contributed by atoms with Crippen LogP contribution in [0, 0.1) is 11.5 Å². The van der Waals surface area contributed by atoms with E-state index in [1.165, 1.54) is 6.26 Å². The average molecular weight is 236 g/mol. The minimum atomic E-state index is -0.641. The fraction of sp³-hybridized carbons (Fsp3) is 0. The van der Waals surface area contributed by atoms with E-state index in [2.05, 4.69) is 9.72 Å². The Hall–Kier alpha value is -2.80. The molecule has 86 valence electrons. The monoisotopic (exact) mass is 236 g/mol. The first-order valence-corrected chi connectivity index (χ1v) is 5.40. The molecule has 4 nitrogen and oxygen atoms in total. The van der Waals surface area contributed by atoms with Crippen molar-refractivity contribution in [1.29, 1.82) is 5.26 Å². The Bertz CT molecular complexity index is 796. The van der Waals surface area contributed by atoms with E-state index in [9.17, 15) is 4.79 Å². The molecule has 0 bridgehead atoms. The van der Waals surface area contributed by atoms with Crippen LogP contribution in [0.25, 0.3) is 21.8 Å². The van der Waals surface area contributed by atoms with Crippen LogP contribution < -0.4 is 0 Å². The predicted molar refractivity (Wildman–Crippen MR) is 66.8 cm³/mol. The van der Waals surface area contributed by atoms with E-state index in [0.29, 0.717) is 5.56 Å². The van der Waals surface area contributed by atoms with Crippen LogP contribution in [0.15, 0.2) is 42.5 Å². The van der Waals surface area contributed by atoms with Gasteiger partial charge in [0.05, 0.1) is 5.56 Å². The van der Waals surface area contributed by atoms with E-state index in [-0.39, 0.29) is 0 Å². The van der Waals surface area contributed by atoms with Gasteiger partial charge in [-0.15, -0.1) is 5.26 Å². The second-order valence-corrected chi connectivity index (χ2v) is 3.91. The Labute approximate surface area is 102 Å². The quantitative estimate of drug-likeness (QED) is 0.521. The second kappa shape index (κ2) is 3.90. The summed E-state index contributed by atoms with van der Waals surface area (Å²) in [6.45, 7) is 0. The number of hydrogen-bond acceptors (Lipinski definition) is 3. The van der Waals surface area contributed by atoms with E-state index in [1.807, 2.05) is 30.3 Å². The van der Waals surface area contributed by atoms with Gasteiger partial charge in [-0.2, -0.15) is 0 Å². The van der Waals surface area contributed by atoms with Crippen LogP contribution >= 0.6 is 0 Å². The van der Waals surface area contributed by atoms with Crippen molar-refractivity contribution in [3.63, 3.8) is 0 Å². The molecule has 0 saturated carbocycles. The van der Waals surface area contributed by atoms with Crippen LogP contribution in [0.1, 0.15) is 10.4 Å². The molecule has 0 fully saturated rings. The molecule has 2 aromatic carbocycles. The van der Waals surface area contributed by atoms with Crippen LogP contribution in [-0.4, -0.2) is 11.0 Å². The lowest BCUT2D eigenvalue weighted by molar-refractivity contribution is 0.0685. The molecular formula is C14H8N2O2. The van der Waals surface area contributed by atoms with Crippen molar-refractivity contribution in [3.8, 4) is 6.26 Å². The molecule has 0 spiro atoms. The molecule has 1 N–H and O–H groups in total. The molecule has 1 heterocycles. The van der Waals surface area contributed by atoms with E-state index < -0.39 is 5.97 Å². The zero-order valence-corrected chi connectivity index (χ0v) is 9.31. The normalized spacial score (nSPS) is 10.4. The highest BCUT2D eigenvalue weighted by Crippen LogP contribution is 2.25. The van der Waals surface area contributed by atoms with Crippen LogP contribution in [0.2, 0.25) is 0 Å². The molecule has 1 aromatic heterocycles. The average Bonchev–Trinajstić information content (AvgIpc) is 2.76. The number of rotatable bonds is 1. The summed E-state index contributed by atoms with van der Waals surface area (Å²) in [6.07, 6.45) is 1.38. The number of nitriles is 1. The summed E-state index contributed by atoms with van der Waals surface area (Å²) in [5.41, 5.74) is 2.22. The lowest BCUT2D eigenvalue weighted by Crippen LogP contribution is -1.99. The smallest absolute Gasteiger partial charge is 0.353 e. The third-order valence-electron chi connectivity index (χ3n) is 2.88. The number of H-pyrrole nitrogens is 1. The van der Waals surface area contributed by atoms with E-state index in [1.54, 1.807) is 12.1 Å². The SMILES string of the molecule is N#COC(=O)c1ccc2c(c1)[nH]c1ccccc12. The van der Waals surface area contributed by atoms with Crippen LogP contribution in [-0.2, 0) is 4.74 Å². The maximum atomic E-state index is 11.4. The van der Waals surface area contributed by atoms with Gasteiger partial charge in [0.1, 0.15) is 0 Å². The van der Waals surface area contributed by atoms with Gasteiger partial charge in [0.2, 0.25) is 0 Å². The third kappa shape index (κ3) is 1.50. The summed E-state index contributed by atoms with van der Waals surface area (Å²) >= 11 is 0. The highest BCUT2D eigenvalue weighted by molar-refractivity contribution is 6.08. The number of nitrogens with zero attached hydrogens (tertiary/aromatic N) is 1. The number of carbonyl (C=O) groups excluding carboxylic acids is 1. The fourth-order valence-electron chi connectivity index (χ4n) is 2.08. The van der Waals surface area contributed by atoms with Gasteiger partial charge in [-0.05, 0) is 18.2 Å². The van der Waals surface area contributed by atoms with Gasteiger partial charge in [0, 0.05) is 21.8 Å². The van der Waals surface area contributed by atoms with E-state index in [0.717, 1.165) is 21.8 Å². The summed E-state index contributed by atoms with van der Waals surface area (Å²) in [5, 5.41) is 10.5. The van der Waals surface area contributed by atoms with Crippen LogP contribution in [0.4, 0.5) is 0 Å². The Balaban J connectivity index is 2.22. The molecule has 3 rings (SSSR count). The predicted octanol–water partition coefficient (Wildman–Crippen LogP) is 2.96. The lowest BCUT2D eigenvalue weighted by Gasteiger charge is -1.96. The number of aromatic nitrogens is 1. The molecule has 0 aliphatic heterocycles. The molecule has 0 radical (unpaired) electrons. The molecule has 0 unspecified atom stereocenters. The maximum Gasteiger partial charge on any atom is 0.353 e. The Kier molecular flexibility index (Phi) is 2.24. The highest BCUT2D eigenvalue weighted by atomic mass is 16.5. The molecule has 18 heavy (non-hydrogen) atoms. The third-order valence-corrected chi connectivity index (χ3v) is 2.88. The topological polar surface area (TPSA) is 65.9 Å². The number of esters is 1. The molecule has 4 heteroatoms. The Morgan fingerprint density at radius 3 is 2.72 bits per heavy atom. The zero-order chi connectivity index (χ0) is 12.5. The summed E-state index contributed by atoms with van der Waals surface area (Å²) in [6, 6.07) is 13.1. The first-order chi connectivity index (χ1) is 8.79. The standard InChI is InChI=1S/C14H8N2O2/c15-8-18-14(17)9-5-6-11-10-3-1-2-4-12(10)16-13(11)7-9/h1-7,16H. The van der Waals surface area contributed by atoms with Crippen molar-refractivity contribution in [2.45, 2.75) is 0 Å². The van der Waals surface area contributed by atoms with Crippen molar-refractivity contribution in [3.05, 3.63) is 48.0 Å². The van der Waals surface area contributed by atoms with Gasteiger partial charge in [0.15, 0.2) is 0 Å². The molecule has 0 amide bonds. The maximum absolute atomic E-state index is 11.4. The first-order valence-electron chi connectivity index (χ1n) is 5.40. The van der Waals surface area contributed by atoms with Gasteiger partial charge in [-0.3, -0.25) is 0 Å². The molecule has 0 atom stereocenters. The van der Waals surface area contributed by atoms with Crippen LogP contribution in [0.3, 0.4) is 0 Å². The minimum absolute atomic E-state index is 0.357. The van der Waals surface area contributed by atoms with Crippen molar-refractivity contribution >= 4 is 27.8 Å². The Morgan fingerprint density at radius 2 is 1.89 bits per heavy atom. The summed E-state index contributed by atoms with van der Waals surface area (Å²) in [7, 11) is 0. The minimum Gasteiger partial charge on any atom is -0.354 e. The fourth-order valence-corrected chi connectivity index (χ4v) is 2.08. The molecule has 0 saturated heterocycles. The molecule has 3 aromatic rings. The summed E-state index contributed by atoms with van der Waals surface area (Å²) < 4.78 is 4.30. The van der Waals surface area contributed by atoms with Gasteiger partial charge < -0.3 is 9.72 Å². The number of ether oxygens (including phenoxy) is 1. The number of nitrogens with one attached hydrogen (secondary N) is 1. The van der Waals surface area contributed by atoms with Gasteiger partial charge in [0.25, 0.3) is 6.26 Å². The Morgan fingerprint density at radius 1 is 1.11 bits per heavy atom. The van der Waals surface area contributed by atoms with Gasteiger partial charge in [-0.1, -0.05) is 24.3 Å². The largest absolute Gasteiger partial charge is 0.354 e. The number of fused-ring (bicyclic) bond motifs is 3. The van der Waals surface area contributed by atoms with Crippen molar-refractivity contribution in [1.82, 2.24) is 4.98 Å². The number of hydrogen-bond donors (Lipinski definition) is 1. The summed E-state index contributed by atoms with van der Waals surface area (Å²) in [4.78, 5) is 14.7. The molecule has 0 aliphatic rings. The summed E-state index contributed by atoms with van der Waals surface area (Å²) in [5.74, 6) is -0.641. The number of aromatic amines is 1. The van der Waals surface area contributed by atoms with Crippen molar-refractivity contribution < 1.29 is 9.53 Å². The van der Waals surface area contributed by atoms with Gasteiger partial charge >= 0.3 is 5.97 Å². The van der Waals surface area contributed by atoms with E-state index >= 15 is 0 Å². The number of carbonyl (C=O) groups is 1. The van der Waals surface area contributed by atoms with Crippen molar-refractivity contribution in [2.24, 2.45) is 0 Å². The van der Waals surface area contributed by atoms with Gasteiger partial charge in [-0.25, -0.2) is 4.79 Å². The molecule has 0 aliphatic carbocycles. The number of benzene rings is 2. The highest BCUT2D eigenvalue weighted by Gasteiger charge is 2.10. The number of para-hydroxylation sites is 1. The molecular weight excluding hydrogens is 228 g/mol. The van der Waals surface area contributed by atoms with Crippen molar-refractivity contribution in [2.75, 3.05) is 0 Å². The first kappa shape index (κ1) is 10.4. The zero-order valence-electron chi connectivity index (χ0n) is 9.31. The second-order valence-electron chi connectivity index (χ2n) is 3.91.